The lowest BCUT2D eigenvalue weighted by molar-refractivity contribution is 0.466. The number of rotatable bonds is 2. The number of phenols is 1. The summed E-state index contributed by atoms with van der Waals surface area (Å²) in [5.74, 6) is 0.735. The number of phenolic OH excluding ortho intramolecular Hbond substituents is 1. The highest BCUT2D eigenvalue weighted by Crippen LogP contribution is 2.46. The largest absolute Gasteiger partial charge is 0.506 e. The smallest absolute Gasteiger partial charge is 0.144 e. The van der Waals surface area contributed by atoms with E-state index in [9.17, 15) is 5.11 Å². The molecule has 18 heavy (non-hydrogen) atoms. The van der Waals surface area contributed by atoms with Crippen molar-refractivity contribution in [1.82, 2.24) is 9.97 Å². The van der Waals surface area contributed by atoms with Crippen LogP contribution in [0.2, 0.25) is 0 Å². The van der Waals surface area contributed by atoms with E-state index in [-0.39, 0.29) is 0 Å². The van der Waals surface area contributed by atoms with Crippen molar-refractivity contribution in [1.29, 1.82) is 0 Å². The molecule has 1 heterocycles. The number of hydrogen-bond donors (Lipinski definition) is 2. The first-order valence-electron chi connectivity index (χ1n) is 5.83. The molecule has 3 rings (SSSR count). The summed E-state index contributed by atoms with van der Waals surface area (Å²) in [5.41, 5.74) is 3.70. The van der Waals surface area contributed by atoms with E-state index in [2.05, 4.69) is 41.8 Å². The number of aromatic hydroxyl groups is 1. The maximum absolute atomic E-state index is 10.0. The minimum Gasteiger partial charge on any atom is -0.506 e. The zero-order valence-corrected chi connectivity index (χ0v) is 12.8. The van der Waals surface area contributed by atoms with Crippen LogP contribution in [0.4, 0.5) is 0 Å². The molecule has 0 spiro atoms. The Morgan fingerprint density at radius 1 is 1.44 bits per heavy atom. The van der Waals surface area contributed by atoms with E-state index < -0.39 is 0 Å². The van der Waals surface area contributed by atoms with Gasteiger partial charge >= 0.3 is 0 Å². The maximum atomic E-state index is 10.0. The highest BCUT2D eigenvalue weighted by molar-refractivity contribution is 9.11. The maximum Gasteiger partial charge on any atom is 0.144 e. The molecule has 2 aromatic rings. The molecule has 0 aliphatic heterocycles. The van der Waals surface area contributed by atoms with Gasteiger partial charge < -0.3 is 10.1 Å². The van der Waals surface area contributed by atoms with Gasteiger partial charge in [-0.05, 0) is 74.2 Å². The molecular formula is C13H12Br2N2O. The van der Waals surface area contributed by atoms with Crippen LogP contribution in [0, 0.1) is 0 Å². The summed E-state index contributed by atoms with van der Waals surface area (Å²) in [5, 5.41) is 10.0. The summed E-state index contributed by atoms with van der Waals surface area (Å²) in [6, 6.07) is 2.03. The fourth-order valence-electron chi connectivity index (χ4n) is 2.66. The molecule has 5 heteroatoms. The lowest BCUT2D eigenvalue weighted by Crippen LogP contribution is -2.00. The second kappa shape index (κ2) is 4.70. The Hall–Kier alpha value is -0.810. The van der Waals surface area contributed by atoms with Gasteiger partial charge in [0.25, 0.3) is 0 Å². The summed E-state index contributed by atoms with van der Waals surface area (Å²) < 4.78 is 1.59. The Morgan fingerprint density at radius 3 is 3.00 bits per heavy atom. The van der Waals surface area contributed by atoms with Gasteiger partial charge in [-0.2, -0.15) is 0 Å². The van der Waals surface area contributed by atoms with E-state index in [1.807, 2.05) is 12.3 Å². The summed E-state index contributed by atoms with van der Waals surface area (Å²) in [4.78, 5) is 7.19. The van der Waals surface area contributed by atoms with E-state index >= 15 is 0 Å². The molecule has 1 unspecified atom stereocenters. The topological polar surface area (TPSA) is 48.9 Å². The number of aryl methyl sites for hydroxylation is 1. The number of benzene rings is 1. The number of nitrogens with zero attached hydrogens (tertiary/aromatic N) is 1. The molecule has 1 aliphatic carbocycles. The molecule has 3 nitrogen and oxygen atoms in total. The van der Waals surface area contributed by atoms with Crippen molar-refractivity contribution < 1.29 is 5.11 Å². The van der Waals surface area contributed by atoms with Crippen LogP contribution in [0.5, 0.6) is 5.75 Å². The van der Waals surface area contributed by atoms with Gasteiger partial charge in [-0.15, -0.1) is 0 Å². The molecule has 94 valence electrons. The van der Waals surface area contributed by atoms with Crippen molar-refractivity contribution in [3.8, 4) is 5.75 Å². The average molecular weight is 372 g/mol. The first kappa shape index (κ1) is 12.2. The Bertz CT molecular complexity index is 581. The number of fused-ring (bicyclic) bond motifs is 1. The molecule has 0 fully saturated rings. The van der Waals surface area contributed by atoms with Crippen LogP contribution in [0.3, 0.4) is 0 Å². The second-order valence-electron chi connectivity index (χ2n) is 4.61. The van der Waals surface area contributed by atoms with Crippen molar-refractivity contribution >= 4 is 31.9 Å². The molecule has 1 aromatic carbocycles. The minimum absolute atomic E-state index is 0.297. The molecular weight excluding hydrogens is 360 g/mol. The van der Waals surface area contributed by atoms with Gasteiger partial charge in [0.2, 0.25) is 0 Å². The van der Waals surface area contributed by atoms with Crippen LogP contribution >= 0.6 is 31.9 Å². The lowest BCUT2D eigenvalue weighted by Gasteiger charge is -2.14. The zero-order chi connectivity index (χ0) is 12.7. The second-order valence-corrected chi connectivity index (χ2v) is 6.26. The SMILES string of the molecule is Oc1c(Br)cc2c(c1Br)C(Cc1cnc[nH]1)CC2. The van der Waals surface area contributed by atoms with Gasteiger partial charge in [0.1, 0.15) is 5.75 Å². The minimum atomic E-state index is 0.297. The third-order valence-electron chi connectivity index (χ3n) is 3.51. The van der Waals surface area contributed by atoms with E-state index in [4.69, 9.17) is 0 Å². The van der Waals surface area contributed by atoms with Crippen LogP contribution in [-0.2, 0) is 12.8 Å². The number of H-pyrrole nitrogens is 1. The van der Waals surface area contributed by atoms with E-state index in [0.717, 1.165) is 33.9 Å². The predicted octanol–water partition coefficient (Wildman–Crippen LogP) is 3.91. The Morgan fingerprint density at radius 2 is 2.28 bits per heavy atom. The van der Waals surface area contributed by atoms with Crippen molar-refractivity contribution in [2.24, 2.45) is 0 Å². The van der Waals surface area contributed by atoms with Crippen LogP contribution in [0.15, 0.2) is 27.5 Å². The Kier molecular flexibility index (Phi) is 3.20. The third-order valence-corrected chi connectivity index (χ3v) is 4.92. The molecule has 0 saturated carbocycles. The molecule has 0 radical (unpaired) electrons. The lowest BCUT2D eigenvalue weighted by atomic mass is 9.96. The molecule has 0 saturated heterocycles. The number of aromatic nitrogens is 2. The number of halogens is 2. The van der Waals surface area contributed by atoms with Crippen molar-refractivity contribution in [2.45, 2.75) is 25.2 Å². The summed E-state index contributed by atoms with van der Waals surface area (Å²) >= 11 is 6.90. The molecule has 0 amide bonds. The van der Waals surface area contributed by atoms with Gasteiger partial charge in [0.15, 0.2) is 0 Å². The van der Waals surface area contributed by atoms with Crippen LogP contribution < -0.4 is 0 Å². The van der Waals surface area contributed by atoms with E-state index in [1.165, 1.54) is 11.1 Å². The zero-order valence-electron chi connectivity index (χ0n) is 9.58. The summed E-state index contributed by atoms with van der Waals surface area (Å²) in [6.45, 7) is 0. The van der Waals surface area contributed by atoms with Gasteiger partial charge in [-0.25, -0.2) is 4.98 Å². The Labute approximate surface area is 122 Å². The summed E-state index contributed by atoms with van der Waals surface area (Å²) in [7, 11) is 0. The van der Waals surface area contributed by atoms with Gasteiger partial charge in [0.05, 0.1) is 15.3 Å². The third kappa shape index (κ3) is 1.99. The van der Waals surface area contributed by atoms with Gasteiger partial charge in [-0.1, -0.05) is 0 Å². The first-order chi connectivity index (χ1) is 8.66. The molecule has 1 aliphatic rings. The Balaban J connectivity index is 1.98. The highest BCUT2D eigenvalue weighted by atomic mass is 79.9. The first-order valence-corrected chi connectivity index (χ1v) is 7.42. The predicted molar refractivity (Wildman–Crippen MR) is 76.9 cm³/mol. The van der Waals surface area contributed by atoms with E-state index in [0.29, 0.717) is 11.7 Å². The van der Waals surface area contributed by atoms with Crippen molar-refractivity contribution in [2.75, 3.05) is 0 Å². The molecule has 1 atom stereocenters. The number of imidazole rings is 1. The van der Waals surface area contributed by atoms with Gasteiger partial charge in [-0.3, -0.25) is 0 Å². The summed E-state index contributed by atoms with van der Waals surface area (Å²) in [6.07, 6.45) is 6.69. The monoisotopic (exact) mass is 370 g/mol. The average Bonchev–Trinajstić information content (AvgIpc) is 2.97. The molecule has 1 aromatic heterocycles. The molecule has 0 bridgehead atoms. The fraction of sp³-hybridized carbons (Fsp3) is 0.308. The van der Waals surface area contributed by atoms with Crippen molar-refractivity contribution in [3.05, 3.63) is 44.4 Å². The van der Waals surface area contributed by atoms with Crippen LogP contribution in [-0.4, -0.2) is 15.1 Å². The van der Waals surface area contributed by atoms with Crippen molar-refractivity contribution in [3.63, 3.8) is 0 Å². The van der Waals surface area contributed by atoms with Crippen LogP contribution in [0.1, 0.15) is 29.2 Å². The number of hydrogen-bond acceptors (Lipinski definition) is 2. The highest BCUT2D eigenvalue weighted by Gasteiger charge is 2.28. The standard InChI is InChI=1S/C13H12Br2N2O/c14-10-4-8-2-1-7(3-9-5-16-6-17-9)11(8)12(15)13(10)18/h4-7,18H,1-3H2,(H,16,17). The quantitative estimate of drug-likeness (QED) is 0.840. The van der Waals surface area contributed by atoms with E-state index in [1.54, 1.807) is 6.33 Å². The molecule has 2 N–H and O–H groups in total. The number of aromatic amines is 1. The van der Waals surface area contributed by atoms with Crippen LogP contribution in [0.25, 0.3) is 0 Å². The van der Waals surface area contributed by atoms with Gasteiger partial charge in [0, 0.05) is 11.9 Å². The normalized spacial score (nSPS) is 18.0. The fourth-order valence-corrected chi connectivity index (χ4v) is 4.19. The number of nitrogens with one attached hydrogen (secondary N) is 1.